The molecule has 0 bridgehead atoms. The first-order valence-electron chi connectivity index (χ1n) is 10.3. The zero-order valence-corrected chi connectivity index (χ0v) is 18.8. The largest absolute Gasteiger partial charge is 0.454 e. The number of thiocarbonyl (C=S) groups is 1. The van der Waals surface area contributed by atoms with Crippen LogP contribution in [0, 0.1) is 5.82 Å². The Balaban J connectivity index is 1.57. The van der Waals surface area contributed by atoms with Crippen LogP contribution in [0.4, 0.5) is 4.39 Å². The Morgan fingerprint density at radius 3 is 2.88 bits per heavy atom. The van der Waals surface area contributed by atoms with Gasteiger partial charge in [0.15, 0.2) is 16.6 Å². The Kier molecular flexibility index (Phi) is 5.69. The second kappa shape index (κ2) is 8.80. The van der Waals surface area contributed by atoms with Gasteiger partial charge in [0.25, 0.3) is 5.89 Å². The highest BCUT2D eigenvalue weighted by Gasteiger charge is 2.34. The zero-order chi connectivity index (χ0) is 22.9. The van der Waals surface area contributed by atoms with E-state index in [4.69, 9.17) is 31.0 Å². The van der Waals surface area contributed by atoms with Gasteiger partial charge in [0.05, 0.1) is 18.2 Å². The molecule has 8 nitrogen and oxygen atoms in total. The summed E-state index contributed by atoms with van der Waals surface area (Å²) in [4.78, 5) is 6.56. The molecule has 2 aromatic carbocycles. The number of nitrogens with one attached hydrogen (secondary N) is 1. The molecule has 1 unspecified atom stereocenters. The van der Waals surface area contributed by atoms with Crippen LogP contribution in [0.2, 0.25) is 0 Å². The zero-order valence-electron chi connectivity index (χ0n) is 18.0. The van der Waals surface area contributed by atoms with Gasteiger partial charge >= 0.3 is 0 Å². The summed E-state index contributed by atoms with van der Waals surface area (Å²) < 4.78 is 35.8. The number of hydrogen-bond acceptors (Lipinski definition) is 7. The lowest BCUT2D eigenvalue weighted by molar-refractivity contribution is 0.174. The number of fused-ring (bicyclic) bond motifs is 1. The van der Waals surface area contributed by atoms with Crippen LogP contribution < -0.4 is 14.8 Å². The molecule has 1 atom stereocenters. The van der Waals surface area contributed by atoms with Gasteiger partial charge in [-0.25, -0.2) is 4.39 Å². The minimum absolute atomic E-state index is 0.181. The SMILES string of the molecule is COCCN1C(=S)NC(c2cccc(F)c2)C(c2nc(-c3ccc4c(c3)OCO4)no2)=C1C. The maximum Gasteiger partial charge on any atom is 0.258 e. The molecule has 2 aliphatic heterocycles. The molecular weight excluding hydrogens is 447 g/mol. The van der Waals surface area contributed by atoms with E-state index in [0.29, 0.717) is 52.6 Å². The van der Waals surface area contributed by atoms with Crippen molar-refractivity contribution < 1.29 is 23.1 Å². The summed E-state index contributed by atoms with van der Waals surface area (Å²) in [5.74, 6) is 1.67. The van der Waals surface area contributed by atoms with E-state index in [9.17, 15) is 4.39 Å². The highest BCUT2D eigenvalue weighted by molar-refractivity contribution is 7.80. The lowest BCUT2D eigenvalue weighted by Gasteiger charge is -2.37. The lowest BCUT2D eigenvalue weighted by atomic mass is 9.94. The molecule has 1 N–H and O–H groups in total. The number of aromatic nitrogens is 2. The molecular formula is C23H21FN4O4S. The number of halogens is 1. The van der Waals surface area contributed by atoms with E-state index in [1.165, 1.54) is 12.1 Å². The van der Waals surface area contributed by atoms with Gasteiger partial charge < -0.3 is 29.0 Å². The molecule has 0 amide bonds. The second-order valence-corrected chi connectivity index (χ2v) is 7.96. The first kappa shape index (κ1) is 21.4. The number of ether oxygens (including phenoxy) is 3. The van der Waals surface area contributed by atoms with Crippen molar-refractivity contribution in [2.45, 2.75) is 13.0 Å². The number of benzene rings is 2. The van der Waals surface area contributed by atoms with Crippen molar-refractivity contribution in [2.75, 3.05) is 27.1 Å². The van der Waals surface area contributed by atoms with Crippen molar-refractivity contribution in [2.24, 2.45) is 0 Å². The van der Waals surface area contributed by atoms with Crippen LogP contribution in [-0.2, 0) is 4.74 Å². The van der Waals surface area contributed by atoms with E-state index in [0.717, 1.165) is 11.3 Å². The molecule has 3 aromatic rings. The number of methoxy groups -OCH3 is 1. The summed E-state index contributed by atoms with van der Waals surface area (Å²) >= 11 is 5.60. The standard InChI is InChI=1S/C23H21FN4O4S/c1-13-19(22-26-21(27-32-22)15-6-7-17-18(11-15)31-12-30-17)20(14-4-3-5-16(24)10-14)25-23(33)28(13)8-9-29-2/h3-7,10-11,20H,8-9,12H2,1-2H3,(H,25,33). The fraction of sp³-hybridized carbons (Fsp3) is 0.261. The van der Waals surface area contributed by atoms with Crippen molar-refractivity contribution in [3.05, 3.63) is 65.4 Å². The highest BCUT2D eigenvalue weighted by atomic mass is 32.1. The molecule has 10 heteroatoms. The van der Waals surface area contributed by atoms with Crippen molar-refractivity contribution in [1.82, 2.24) is 20.4 Å². The topological polar surface area (TPSA) is 81.9 Å². The monoisotopic (exact) mass is 468 g/mol. The first-order valence-corrected chi connectivity index (χ1v) is 10.7. The average Bonchev–Trinajstić information content (AvgIpc) is 3.48. The Morgan fingerprint density at radius 1 is 1.21 bits per heavy atom. The van der Waals surface area contributed by atoms with E-state index in [-0.39, 0.29) is 12.6 Å². The van der Waals surface area contributed by atoms with Gasteiger partial charge in [-0.1, -0.05) is 17.3 Å². The Morgan fingerprint density at radius 2 is 2.06 bits per heavy atom. The second-order valence-electron chi connectivity index (χ2n) is 7.57. The highest BCUT2D eigenvalue weighted by Crippen LogP contribution is 2.39. The molecule has 0 aliphatic carbocycles. The fourth-order valence-electron chi connectivity index (χ4n) is 3.93. The van der Waals surface area contributed by atoms with Crippen molar-refractivity contribution in [3.8, 4) is 22.9 Å². The van der Waals surface area contributed by atoms with Gasteiger partial charge in [0.1, 0.15) is 5.82 Å². The number of hydrogen-bond donors (Lipinski definition) is 1. The molecule has 2 aliphatic rings. The summed E-state index contributed by atoms with van der Waals surface area (Å²) in [6.45, 7) is 3.12. The summed E-state index contributed by atoms with van der Waals surface area (Å²) in [7, 11) is 1.63. The van der Waals surface area contributed by atoms with Crippen LogP contribution >= 0.6 is 12.2 Å². The average molecular weight is 469 g/mol. The van der Waals surface area contributed by atoms with Crippen molar-refractivity contribution in [1.29, 1.82) is 0 Å². The van der Waals surface area contributed by atoms with E-state index in [1.54, 1.807) is 25.3 Å². The molecule has 33 heavy (non-hydrogen) atoms. The molecule has 0 saturated carbocycles. The molecule has 0 radical (unpaired) electrons. The van der Waals surface area contributed by atoms with Crippen LogP contribution in [0.25, 0.3) is 17.0 Å². The molecule has 170 valence electrons. The van der Waals surface area contributed by atoms with E-state index in [2.05, 4.69) is 15.5 Å². The van der Waals surface area contributed by atoms with Crippen LogP contribution in [0.1, 0.15) is 24.4 Å². The van der Waals surface area contributed by atoms with Crippen LogP contribution in [0.15, 0.2) is 52.7 Å². The number of nitrogens with zero attached hydrogens (tertiary/aromatic N) is 3. The molecule has 0 spiro atoms. The Labute approximate surface area is 194 Å². The van der Waals surface area contributed by atoms with E-state index < -0.39 is 6.04 Å². The minimum Gasteiger partial charge on any atom is -0.454 e. The minimum atomic E-state index is -0.461. The molecule has 0 saturated heterocycles. The number of allylic oxidation sites excluding steroid dienone is 1. The number of rotatable bonds is 6. The van der Waals surface area contributed by atoms with Crippen molar-refractivity contribution in [3.63, 3.8) is 0 Å². The van der Waals surface area contributed by atoms with Crippen molar-refractivity contribution >= 4 is 22.9 Å². The van der Waals surface area contributed by atoms with Gasteiger partial charge in [-0.3, -0.25) is 0 Å². The smallest absolute Gasteiger partial charge is 0.258 e. The summed E-state index contributed by atoms with van der Waals surface area (Å²) in [5.41, 5.74) is 2.96. The summed E-state index contributed by atoms with van der Waals surface area (Å²) in [5, 5.41) is 7.98. The fourth-order valence-corrected chi connectivity index (χ4v) is 4.28. The third-order valence-electron chi connectivity index (χ3n) is 5.58. The normalized spacial score (nSPS) is 17.5. The van der Waals surface area contributed by atoms with E-state index in [1.807, 2.05) is 24.0 Å². The lowest BCUT2D eigenvalue weighted by Crippen LogP contribution is -2.47. The van der Waals surface area contributed by atoms with Gasteiger partial charge in [0.2, 0.25) is 12.6 Å². The van der Waals surface area contributed by atoms with Gasteiger partial charge in [-0.05, 0) is 55.0 Å². The molecule has 5 rings (SSSR count). The third kappa shape index (κ3) is 4.03. The van der Waals surface area contributed by atoms with Crippen LogP contribution in [-0.4, -0.2) is 47.2 Å². The first-order chi connectivity index (χ1) is 16.0. The van der Waals surface area contributed by atoms with E-state index >= 15 is 0 Å². The quantitative estimate of drug-likeness (QED) is 0.542. The van der Waals surface area contributed by atoms with Gasteiger partial charge in [0, 0.05) is 24.9 Å². The van der Waals surface area contributed by atoms with Gasteiger partial charge in [-0.2, -0.15) is 4.98 Å². The predicted molar refractivity (Wildman–Crippen MR) is 122 cm³/mol. The predicted octanol–water partition coefficient (Wildman–Crippen LogP) is 3.91. The summed E-state index contributed by atoms with van der Waals surface area (Å²) in [6.07, 6.45) is 0. The third-order valence-corrected chi connectivity index (χ3v) is 5.92. The van der Waals surface area contributed by atoms with Crippen LogP contribution in [0.5, 0.6) is 11.5 Å². The Bertz CT molecular complexity index is 1240. The maximum atomic E-state index is 14.0. The van der Waals surface area contributed by atoms with Gasteiger partial charge in [-0.15, -0.1) is 0 Å². The molecule has 0 fully saturated rings. The molecule has 3 heterocycles. The molecule has 1 aromatic heterocycles. The summed E-state index contributed by atoms with van der Waals surface area (Å²) in [6, 6.07) is 11.3. The maximum absolute atomic E-state index is 14.0. The Hall–Kier alpha value is -3.50. The van der Waals surface area contributed by atoms with Crippen LogP contribution in [0.3, 0.4) is 0 Å².